The zero-order valence-electron chi connectivity index (χ0n) is 48.7. The van der Waals surface area contributed by atoms with Crippen molar-refractivity contribution in [2.24, 2.45) is 0 Å². The summed E-state index contributed by atoms with van der Waals surface area (Å²) in [5, 5.41) is 8.34. The smallest absolute Gasteiger partial charge is 0.0920 e. The van der Waals surface area contributed by atoms with E-state index in [1.165, 1.54) is 110 Å². The molecule has 1 heterocycles. The van der Waals surface area contributed by atoms with Crippen molar-refractivity contribution in [3.63, 3.8) is 0 Å². The van der Waals surface area contributed by atoms with Gasteiger partial charge in [0.15, 0.2) is 0 Å². The quantitative estimate of drug-likeness (QED) is 0.115. The van der Waals surface area contributed by atoms with Crippen LogP contribution in [-0.4, -0.2) is 9.52 Å². The second-order valence-electron chi connectivity index (χ2n) is 26.1. The van der Waals surface area contributed by atoms with Gasteiger partial charge in [-0.15, -0.1) is 74.6 Å². The van der Waals surface area contributed by atoms with Crippen LogP contribution in [0.5, 0.6) is 0 Å². The Balaban J connectivity index is 0.000000186. The van der Waals surface area contributed by atoms with Gasteiger partial charge in [-0.2, -0.15) is 41.6 Å². The molecule has 1 aliphatic rings. The normalized spacial score (nSPS) is 12.6. The van der Waals surface area contributed by atoms with Gasteiger partial charge in [-0.05, 0) is 78.7 Å². The molecule has 8 aromatic rings. The first-order valence-corrected chi connectivity index (χ1v) is 34.4. The average molecular weight is 1120 g/mol. The maximum atomic E-state index is 4.93. The molecule has 0 aromatic heterocycles. The van der Waals surface area contributed by atoms with Crippen LogP contribution in [0.15, 0.2) is 127 Å². The van der Waals surface area contributed by atoms with Crippen molar-refractivity contribution in [2.75, 3.05) is 0 Å². The number of fused-ring (bicyclic) bond motifs is 5. The Hall–Kier alpha value is -3.78. The number of hydrogen-bond acceptors (Lipinski definition) is 0. The number of halogens is 2. The van der Waals surface area contributed by atoms with E-state index in [2.05, 4.69) is 266 Å². The standard InChI is InChI=1S/2C29H39.C12H7Si.2ClH.Zr/c2*1-18(2)21-13-22(19(3)4)15-23(14-21)27-25-17-24(28(5,6)7)16-20(25)11-12-26(27)29(8,9)10;1-3-7-11-9(5-1)10-6-2-4-8-12(10)13-11;;;/h2*11-19H,1-10H3;1-7H;2*1H;/q3*-1;;;+2/p-2. The minimum Gasteiger partial charge on any atom is -0.184 e. The Morgan fingerprint density at radius 2 is 0.811 bits per heavy atom. The summed E-state index contributed by atoms with van der Waals surface area (Å²) in [5.74, 6) is 2.09. The van der Waals surface area contributed by atoms with Gasteiger partial charge in [0, 0.05) is 0 Å². The summed E-state index contributed by atoms with van der Waals surface area (Å²) in [5.41, 5.74) is 20.3. The molecule has 0 atom stereocenters. The summed E-state index contributed by atoms with van der Waals surface area (Å²) in [7, 11) is 10.7. The molecule has 0 fully saturated rings. The largest absolute Gasteiger partial charge is 0.184 e. The molecule has 0 spiro atoms. The van der Waals surface area contributed by atoms with Gasteiger partial charge < -0.3 is 0 Å². The minimum atomic E-state index is -0.826. The van der Waals surface area contributed by atoms with Crippen LogP contribution in [-0.2, 0) is 42.5 Å². The van der Waals surface area contributed by atoms with E-state index in [1.54, 1.807) is 0 Å². The van der Waals surface area contributed by atoms with Crippen LogP contribution in [0.1, 0.15) is 207 Å². The molecule has 4 heteroatoms. The first kappa shape index (κ1) is 59.5. The van der Waals surface area contributed by atoms with E-state index in [9.17, 15) is 0 Å². The van der Waals surface area contributed by atoms with Gasteiger partial charge in [-0.1, -0.05) is 232 Å². The van der Waals surface area contributed by atoms with E-state index in [0.717, 1.165) is 9.52 Å². The van der Waals surface area contributed by atoms with Crippen LogP contribution in [0.3, 0.4) is 0 Å². The van der Waals surface area contributed by atoms with E-state index in [1.807, 2.05) is 6.07 Å². The molecule has 0 unspecified atom stereocenters. The van der Waals surface area contributed by atoms with Gasteiger partial charge in [-0.3, -0.25) is 0 Å². The molecule has 0 bridgehead atoms. The monoisotopic (exact) mass is 1110 g/mol. The summed E-state index contributed by atoms with van der Waals surface area (Å²) in [6, 6.07) is 51.8. The molecule has 0 nitrogen and oxygen atoms in total. The zero-order valence-corrected chi connectivity index (χ0v) is 53.7. The van der Waals surface area contributed by atoms with Crippen LogP contribution in [0.25, 0.3) is 54.9 Å². The van der Waals surface area contributed by atoms with Crippen molar-refractivity contribution in [2.45, 2.75) is 184 Å². The molecule has 8 aromatic carbocycles. The van der Waals surface area contributed by atoms with Crippen LogP contribution < -0.4 is 10.4 Å². The van der Waals surface area contributed by atoms with Crippen molar-refractivity contribution in [3.8, 4) is 33.4 Å². The van der Waals surface area contributed by atoms with E-state index in [4.69, 9.17) is 17.0 Å². The molecular formula is C70H85Cl2SiZr-3. The summed E-state index contributed by atoms with van der Waals surface area (Å²) in [6.07, 6.45) is 0. The Morgan fingerprint density at radius 1 is 0.446 bits per heavy atom. The van der Waals surface area contributed by atoms with Crippen molar-refractivity contribution in [3.05, 3.63) is 178 Å². The molecule has 0 amide bonds. The van der Waals surface area contributed by atoms with Crippen molar-refractivity contribution < 1.29 is 20.8 Å². The molecule has 0 saturated heterocycles. The summed E-state index contributed by atoms with van der Waals surface area (Å²) < 4.78 is 0. The van der Waals surface area contributed by atoms with E-state index < -0.39 is 20.8 Å². The molecular weight excluding hydrogens is 1030 g/mol. The second kappa shape index (κ2) is 23.9. The molecule has 74 heavy (non-hydrogen) atoms. The van der Waals surface area contributed by atoms with Gasteiger partial charge >= 0.3 is 37.9 Å². The molecule has 2 radical (unpaired) electrons. The van der Waals surface area contributed by atoms with E-state index >= 15 is 0 Å². The van der Waals surface area contributed by atoms with Crippen LogP contribution in [0, 0.1) is 6.07 Å². The average Bonchev–Trinajstić information content (AvgIpc) is 4.07. The number of hydrogen-bond donors (Lipinski definition) is 0. The Kier molecular flexibility index (Phi) is 19.2. The maximum absolute atomic E-state index is 4.93. The van der Waals surface area contributed by atoms with Crippen LogP contribution >= 0.6 is 17.0 Å². The Labute approximate surface area is 470 Å². The summed E-state index contributed by atoms with van der Waals surface area (Å²) >= 11 is -0.826. The molecule has 0 N–H and O–H groups in total. The molecule has 1 aliphatic heterocycles. The molecule has 390 valence electrons. The van der Waals surface area contributed by atoms with Gasteiger partial charge in [-0.25, -0.2) is 0 Å². The zero-order chi connectivity index (χ0) is 54.8. The first-order valence-electron chi connectivity index (χ1n) is 27.1. The SMILES string of the molecule is CC(C)c1cc(-c2c(C(C)(C)C)ccc3[cH-]c(C(C)(C)C)cc23)cc(C(C)C)c1.CC(C)c1cc(-c2c(C(C)(C)C)ccc3[cH-]c(C(C)(C)C)cc23)cc(C(C)C)c1.[Cl][Zr][Cl].[c-]1cccc2c1[Si]c1ccccc1-2. The predicted octanol–water partition coefficient (Wildman–Crippen LogP) is 20.6. The van der Waals surface area contributed by atoms with Crippen LogP contribution in [0.4, 0.5) is 0 Å². The van der Waals surface area contributed by atoms with Crippen molar-refractivity contribution in [1.82, 2.24) is 0 Å². The third-order valence-electron chi connectivity index (χ3n) is 14.7. The molecule has 0 aliphatic carbocycles. The van der Waals surface area contributed by atoms with Crippen molar-refractivity contribution >= 4 is 58.5 Å². The third kappa shape index (κ3) is 14.0. The molecule has 9 rings (SSSR count). The fourth-order valence-electron chi connectivity index (χ4n) is 10.0. The van der Waals surface area contributed by atoms with Crippen LogP contribution in [0.2, 0.25) is 0 Å². The minimum absolute atomic E-state index is 0.0918. The maximum Gasteiger partial charge on any atom is 0.0920 e. The third-order valence-corrected chi connectivity index (χ3v) is 16.0. The topological polar surface area (TPSA) is 0 Å². The first-order chi connectivity index (χ1) is 34.4. The fraction of sp³-hybridized carbons (Fsp3) is 0.400. The Bertz CT molecular complexity index is 2910. The summed E-state index contributed by atoms with van der Waals surface area (Å²) in [6.45, 7) is 46.3. The van der Waals surface area contributed by atoms with Gasteiger partial charge in [0.05, 0.1) is 9.52 Å². The predicted molar refractivity (Wildman–Crippen MR) is 329 cm³/mol. The van der Waals surface area contributed by atoms with E-state index in [-0.39, 0.29) is 21.7 Å². The number of rotatable bonds is 6. The number of benzene rings is 6. The van der Waals surface area contributed by atoms with Gasteiger partial charge in [0.2, 0.25) is 0 Å². The van der Waals surface area contributed by atoms with Crippen molar-refractivity contribution in [1.29, 1.82) is 0 Å². The second-order valence-corrected chi connectivity index (χ2v) is 31.1. The molecule has 0 saturated carbocycles. The Morgan fingerprint density at radius 3 is 1.16 bits per heavy atom. The summed E-state index contributed by atoms with van der Waals surface area (Å²) in [4.78, 5) is 0. The van der Waals surface area contributed by atoms with Gasteiger partial charge in [0.1, 0.15) is 0 Å². The fourth-order valence-corrected chi connectivity index (χ4v) is 11.3. The van der Waals surface area contributed by atoms with E-state index in [0.29, 0.717) is 23.7 Å². The van der Waals surface area contributed by atoms with Gasteiger partial charge in [0.25, 0.3) is 0 Å².